The lowest BCUT2D eigenvalue weighted by Gasteiger charge is -2.40. The summed E-state index contributed by atoms with van der Waals surface area (Å²) in [7, 11) is 0. The van der Waals surface area contributed by atoms with Gasteiger partial charge < -0.3 is 4.90 Å². The second-order valence-corrected chi connectivity index (χ2v) is 9.88. The normalized spacial score (nSPS) is 16.2. The summed E-state index contributed by atoms with van der Waals surface area (Å²) < 4.78 is 1.86. The molecule has 0 aliphatic carbocycles. The Bertz CT molecular complexity index is 1060. The summed E-state index contributed by atoms with van der Waals surface area (Å²) >= 11 is 6.14. The van der Waals surface area contributed by atoms with Crippen LogP contribution < -0.4 is 0 Å². The Morgan fingerprint density at radius 1 is 0.938 bits per heavy atom. The molecule has 0 saturated carbocycles. The van der Waals surface area contributed by atoms with E-state index in [-0.39, 0.29) is 17.5 Å². The van der Waals surface area contributed by atoms with Crippen LogP contribution in [-0.4, -0.2) is 51.7 Å². The summed E-state index contributed by atoms with van der Waals surface area (Å²) in [5.74, 6) is 0.0583. The third-order valence-corrected chi connectivity index (χ3v) is 6.21. The number of halogens is 1. The van der Waals surface area contributed by atoms with Crippen LogP contribution in [0.5, 0.6) is 0 Å². The number of carbonyl (C=O) groups is 1. The molecule has 0 spiro atoms. The number of amides is 1. The van der Waals surface area contributed by atoms with Crippen LogP contribution in [0.3, 0.4) is 0 Å². The van der Waals surface area contributed by atoms with E-state index in [0.29, 0.717) is 18.8 Å². The largest absolute Gasteiger partial charge is 0.335 e. The van der Waals surface area contributed by atoms with Crippen LogP contribution in [0.1, 0.15) is 54.1 Å². The number of carbonyl (C=O) groups excluding carboxylic acids is 1. The number of aryl methyl sites for hydroxylation is 1. The summed E-state index contributed by atoms with van der Waals surface area (Å²) in [5, 5.41) is 5.31. The molecular formula is C26H31ClN4O. The summed E-state index contributed by atoms with van der Waals surface area (Å²) in [6.07, 6.45) is 0. The fraction of sp³-hybridized carbons (Fsp3) is 0.385. The number of piperazine rings is 1. The molecule has 1 fully saturated rings. The molecule has 5 nitrogen and oxygen atoms in total. The molecule has 1 aliphatic heterocycles. The van der Waals surface area contributed by atoms with Crippen molar-refractivity contribution < 1.29 is 4.79 Å². The van der Waals surface area contributed by atoms with Crippen LogP contribution in [0.25, 0.3) is 0 Å². The van der Waals surface area contributed by atoms with E-state index in [1.807, 2.05) is 40.8 Å². The molecular weight excluding hydrogens is 420 g/mol. The molecule has 0 bridgehead atoms. The first-order valence-electron chi connectivity index (χ1n) is 11.1. The zero-order chi connectivity index (χ0) is 22.9. The van der Waals surface area contributed by atoms with Crippen molar-refractivity contribution in [1.29, 1.82) is 0 Å². The molecule has 1 amide bonds. The highest BCUT2D eigenvalue weighted by Crippen LogP contribution is 2.31. The van der Waals surface area contributed by atoms with Gasteiger partial charge in [-0.2, -0.15) is 5.10 Å². The van der Waals surface area contributed by atoms with Crippen molar-refractivity contribution in [1.82, 2.24) is 19.6 Å². The number of hydrogen-bond donors (Lipinski definition) is 0. The summed E-state index contributed by atoms with van der Waals surface area (Å²) in [6, 6.07) is 20.7. The maximum atomic E-state index is 13.4. The van der Waals surface area contributed by atoms with Crippen molar-refractivity contribution in [2.24, 2.45) is 0 Å². The SMILES string of the molecule is Cc1cc(C(=O)N2CCN([C@H](c3ccccc3)c3ccc(Cl)cc3)CC2)n(C(C)(C)C)n1. The lowest BCUT2D eigenvalue weighted by molar-refractivity contribution is 0.0578. The number of benzene rings is 2. The van der Waals surface area contributed by atoms with Crippen molar-refractivity contribution in [2.45, 2.75) is 39.3 Å². The van der Waals surface area contributed by atoms with Crippen LogP contribution in [0.15, 0.2) is 60.7 Å². The highest BCUT2D eigenvalue weighted by atomic mass is 35.5. The average molecular weight is 451 g/mol. The molecule has 6 heteroatoms. The van der Waals surface area contributed by atoms with E-state index in [9.17, 15) is 4.79 Å². The lowest BCUT2D eigenvalue weighted by Crippen LogP contribution is -2.50. The average Bonchev–Trinajstić information content (AvgIpc) is 3.18. The first kappa shape index (κ1) is 22.6. The fourth-order valence-electron chi connectivity index (χ4n) is 4.40. The molecule has 1 atom stereocenters. The number of rotatable bonds is 4. The maximum Gasteiger partial charge on any atom is 0.272 e. The molecule has 168 valence electrons. The van der Waals surface area contributed by atoms with Crippen molar-refractivity contribution in [2.75, 3.05) is 26.2 Å². The summed E-state index contributed by atoms with van der Waals surface area (Å²) in [6.45, 7) is 11.1. The van der Waals surface area contributed by atoms with Crippen molar-refractivity contribution in [3.8, 4) is 0 Å². The van der Waals surface area contributed by atoms with E-state index in [0.717, 1.165) is 23.8 Å². The van der Waals surface area contributed by atoms with E-state index in [1.165, 1.54) is 11.1 Å². The second kappa shape index (κ2) is 9.08. The van der Waals surface area contributed by atoms with E-state index in [2.05, 4.69) is 67.2 Å². The van der Waals surface area contributed by atoms with Crippen molar-refractivity contribution >= 4 is 17.5 Å². The van der Waals surface area contributed by atoms with E-state index in [1.54, 1.807) is 0 Å². The van der Waals surface area contributed by atoms with E-state index in [4.69, 9.17) is 11.6 Å². The maximum absolute atomic E-state index is 13.4. The third kappa shape index (κ3) is 4.74. The Morgan fingerprint density at radius 3 is 2.12 bits per heavy atom. The van der Waals surface area contributed by atoms with Crippen LogP contribution in [0.2, 0.25) is 5.02 Å². The van der Waals surface area contributed by atoms with Gasteiger partial charge in [0.1, 0.15) is 5.69 Å². The Morgan fingerprint density at radius 2 is 1.53 bits per heavy atom. The Balaban J connectivity index is 1.54. The van der Waals surface area contributed by atoms with Gasteiger partial charge in [-0.25, -0.2) is 0 Å². The molecule has 1 aliphatic rings. The first-order valence-corrected chi connectivity index (χ1v) is 11.5. The van der Waals surface area contributed by atoms with Crippen LogP contribution in [-0.2, 0) is 5.54 Å². The minimum atomic E-state index is -0.242. The second-order valence-electron chi connectivity index (χ2n) is 9.45. The van der Waals surface area contributed by atoms with Gasteiger partial charge in [-0.1, -0.05) is 54.1 Å². The first-order chi connectivity index (χ1) is 15.2. The van der Waals surface area contributed by atoms with Crippen LogP contribution >= 0.6 is 11.6 Å². The number of aromatic nitrogens is 2. The van der Waals surface area contributed by atoms with Crippen LogP contribution in [0.4, 0.5) is 0 Å². The predicted molar refractivity (Wildman–Crippen MR) is 129 cm³/mol. The molecule has 3 aromatic rings. The zero-order valence-corrected chi connectivity index (χ0v) is 20.0. The van der Waals surface area contributed by atoms with Gasteiger partial charge in [-0.3, -0.25) is 14.4 Å². The molecule has 0 unspecified atom stereocenters. The smallest absolute Gasteiger partial charge is 0.272 e. The monoisotopic (exact) mass is 450 g/mol. The van der Waals surface area contributed by atoms with Gasteiger partial charge in [0.25, 0.3) is 5.91 Å². The van der Waals surface area contributed by atoms with Crippen molar-refractivity contribution in [3.63, 3.8) is 0 Å². The van der Waals surface area contributed by atoms with Crippen LogP contribution in [0, 0.1) is 6.92 Å². The predicted octanol–water partition coefficient (Wildman–Crippen LogP) is 5.15. The molecule has 0 radical (unpaired) electrons. The molecule has 1 saturated heterocycles. The topological polar surface area (TPSA) is 41.4 Å². The molecule has 1 aromatic heterocycles. The standard InChI is InChI=1S/C26H31ClN4O/c1-19-18-23(31(28-19)26(2,3)4)25(32)30-16-14-29(15-17-30)24(20-8-6-5-7-9-20)21-10-12-22(27)13-11-21/h5-13,18,24H,14-17H2,1-4H3/t24-/m1/s1. The van der Waals surface area contributed by atoms with Gasteiger partial charge in [0.05, 0.1) is 17.3 Å². The number of nitrogens with zero attached hydrogens (tertiary/aromatic N) is 4. The zero-order valence-electron chi connectivity index (χ0n) is 19.3. The van der Waals surface area contributed by atoms with Gasteiger partial charge in [0, 0.05) is 31.2 Å². The molecule has 2 heterocycles. The highest BCUT2D eigenvalue weighted by Gasteiger charge is 2.31. The molecule has 32 heavy (non-hydrogen) atoms. The van der Waals surface area contributed by atoms with Gasteiger partial charge >= 0.3 is 0 Å². The highest BCUT2D eigenvalue weighted by molar-refractivity contribution is 6.30. The lowest BCUT2D eigenvalue weighted by atomic mass is 9.96. The van der Waals surface area contributed by atoms with Crippen molar-refractivity contribution in [3.05, 3.63) is 88.2 Å². The third-order valence-electron chi connectivity index (χ3n) is 5.95. The van der Waals surface area contributed by atoms with Gasteiger partial charge in [-0.15, -0.1) is 0 Å². The molecule has 4 rings (SSSR count). The Kier molecular flexibility index (Phi) is 6.40. The van der Waals surface area contributed by atoms with E-state index >= 15 is 0 Å². The molecule has 0 N–H and O–H groups in total. The van der Waals surface area contributed by atoms with Gasteiger partial charge in [0.15, 0.2) is 0 Å². The summed E-state index contributed by atoms with van der Waals surface area (Å²) in [5.41, 5.74) is 3.75. The quantitative estimate of drug-likeness (QED) is 0.552. The van der Waals surface area contributed by atoms with E-state index < -0.39 is 0 Å². The number of hydrogen-bond acceptors (Lipinski definition) is 3. The fourth-order valence-corrected chi connectivity index (χ4v) is 4.53. The minimum absolute atomic E-state index is 0.0583. The van der Waals surface area contributed by atoms with Gasteiger partial charge in [0.2, 0.25) is 0 Å². The Hall–Kier alpha value is -2.63. The Labute approximate surface area is 195 Å². The molecule has 2 aromatic carbocycles. The summed E-state index contributed by atoms with van der Waals surface area (Å²) in [4.78, 5) is 17.8. The minimum Gasteiger partial charge on any atom is -0.335 e. The van der Waals surface area contributed by atoms with Gasteiger partial charge in [-0.05, 0) is 57.0 Å².